The van der Waals surface area contributed by atoms with E-state index >= 15 is 0 Å². The van der Waals surface area contributed by atoms with Crippen molar-refractivity contribution in [2.45, 2.75) is 51.0 Å². The van der Waals surface area contributed by atoms with Crippen molar-refractivity contribution in [3.63, 3.8) is 0 Å². The predicted octanol–water partition coefficient (Wildman–Crippen LogP) is 24.0. The molecule has 1 atom stereocenters. The first-order valence-corrected chi connectivity index (χ1v) is 35.1. The molecule has 15 aromatic rings. The SMILES string of the molecule is C1=CC23CC=Cc4c2n(c2ccc(-n5c6ccccc6c6c(S(c7ccccc7)(c7ccccc7)c7ccccc7)cccc65)cc42)-c2c(cc(S(c4ccccc4)(c4ccccc4)c4cc(-c5ccccc5)cc(-c5ccccc5)c4)cc2-c2ccccc2)C3=C1. The lowest BCUT2D eigenvalue weighted by atomic mass is 9.68. The number of allylic oxidation sites excluding steroid dienone is 5. The molecule has 92 heavy (non-hydrogen) atoms. The van der Waals surface area contributed by atoms with Crippen molar-refractivity contribution >= 4 is 64.4 Å². The molecule has 2 aromatic heterocycles. The van der Waals surface area contributed by atoms with Crippen molar-refractivity contribution in [3.8, 4) is 44.8 Å². The first kappa shape index (κ1) is 54.1. The number of hydrogen-bond acceptors (Lipinski definition) is 0. The molecule has 3 heterocycles. The molecule has 0 saturated carbocycles. The molecule has 1 spiro atoms. The summed E-state index contributed by atoms with van der Waals surface area (Å²) in [6, 6.07) is 126. The molecule has 436 valence electrons. The molecule has 0 bridgehead atoms. The molecule has 2 aliphatic carbocycles. The Labute approximate surface area is 540 Å². The number of para-hydroxylation sites is 1. The van der Waals surface area contributed by atoms with E-state index in [-0.39, 0.29) is 0 Å². The fraction of sp³-hybridized carbons (Fsp3) is 0.0227. The molecule has 18 rings (SSSR count). The fourth-order valence-corrected chi connectivity index (χ4v) is 23.7. The molecule has 13 aromatic carbocycles. The Morgan fingerprint density at radius 2 is 0.793 bits per heavy atom. The van der Waals surface area contributed by atoms with Gasteiger partial charge in [0.15, 0.2) is 0 Å². The highest BCUT2D eigenvalue weighted by Crippen LogP contribution is 2.77. The third-order valence-electron chi connectivity index (χ3n) is 19.5. The van der Waals surface area contributed by atoms with Gasteiger partial charge < -0.3 is 9.13 Å². The first-order valence-electron chi connectivity index (χ1n) is 31.8. The second kappa shape index (κ2) is 21.7. The van der Waals surface area contributed by atoms with Crippen LogP contribution in [0.3, 0.4) is 0 Å². The summed E-state index contributed by atoms with van der Waals surface area (Å²) in [5.41, 5.74) is 17.9. The molecule has 4 heteroatoms. The predicted molar refractivity (Wildman–Crippen MR) is 386 cm³/mol. The standard InChI is InChI=1S/C88H62N2S2/c1-9-30-62(31-10-1)65-56-66(63-32-11-2-12-33-63)58-73(57-65)91(68-36-15-4-16-37-68,69-38-17-5-18-39-69)74-60-77(64-34-13-3-14-35-64)86-79(61-74)80-48-29-55-88(80)54-28-47-75-78-59-67(52-53-82(78)90(86)87(75)88)89-81-49-26-25-46-76(81)85-83(89)50-27-51-84(85)92(70-40-19-6-20-41-70,71-42-21-7-22-43-71)72-44-23-8-24-45-72/h1-53,55-61H,54H2. The number of fused-ring (bicyclic) bond motifs is 9. The van der Waals surface area contributed by atoms with Crippen LogP contribution in [0.4, 0.5) is 0 Å². The third-order valence-corrected chi connectivity index (χ3v) is 27.3. The van der Waals surface area contributed by atoms with Crippen molar-refractivity contribution in [2.24, 2.45) is 0 Å². The number of benzene rings is 13. The summed E-state index contributed by atoms with van der Waals surface area (Å²) in [4.78, 5) is 10.4. The van der Waals surface area contributed by atoms with Crippen LogP contribution in [0.2, 0.25) is 0 Å². The van der Waals surface area contributed by atoms with Crippen LogP contribution in [-0.2, 0) is 5.41 Å². The Balaban J connectivity index is 0.914. The summed E-state index contributed by atoms with van der Waals surface area (Å²) >= 11 is 0. The summed E-state index contributed by atoms with van der Waals surface area (Å²) in [6.07, 6.45) is 13.0. The highest BCUT2D eigenvalue weighted by molar-refractivity contribution is 8.34. The second-order valence-corrected chi connectivity index (χ2v) is 30.5. The van der Waals surface area contributed by atoms with Gasteiger partial charge in [-0.15, -0.1) is 20.1 Å². The zero-order valence-electron chi connectivity index (χ0n) is 50.6. The van der Waals surface area contributed by atoms with Crippen LogP contribution in [0.25, 0.3) is 89.1 Å². The molecular weight excluding hydrogens is 1150 g/mol. The van der Waals surface area contributed by atoms with E-state index in [4.69, 9.17) is 0 Å². The number of nitrogens with zero attached hydrogens (tertiary/aromatic N) is 2. The van der Waals surface area contributed by atoms with Crippen LogP contribution in [-0.4, -0.2) is 9.13 Å². The molecule has 0 fully saturated rings. The Morgan fingerprint density at radius 1 is 0.326 bits per heavy atom. The normalized spacial score (nSPS) is 15.1. The summed E-state index contributed by atoms with van der Waals surface area (Å²) in [5, 5.41) is 3.76. The summed E-state index contributed by atoms with van der Waals surface area (Å²) in [5.74, 6) is 0. The summed E-state index contributed by atoms with van der Waals surface area (Å²) < 4.78 is 5.24. The van der Waals surface area contributed by atoms with E-state index in [1.54, 1.807) is 0 Å². The topological polar surface area (TPSA) is 9.86 Å². The Kier molecular flexibility index (Phi) is 12.7. The van der Waals surface area contributed by atoms with Gasteiger partial charge in [-0.25, -0.2) is 0 Å². The van der Waals surface area contributed by atoms with E-state index in [0.717, 1.165) is 12.1 Å². The molecular formula is C88H62N2S2. The first-order chi connectivity index (χ1) is 45.6. The van der Waals surface area contributed by atoms with Crippen molar-refractivity contribution in [2.75, 3.05) is 0 Å². The zero-order chi connectivity index (χ0) is 60.8. The number of hydrogen-bond donors (Lipinski definition) is 0. The summed E-state index contributed by atoms with van der Waals surface area (Å²) in [6.45, 7) is 0. The Hall–Kier alpha value is -10.9. The number of aromatic nitrogens is 2. The van der Waals surface area contributed by atoms with Gasteiger partial charge in [-0.2, -0.15) is 0 Å². The fourth-order valence-electron chi connectivity index (χ4n) is 15.7. The maximum absolute atomic E-state index is 2.69. The van der Waals surface area contributed by atoms with Crippen LogP contribution >= 0.6 is 20.1 Å². The third kappa shape index (κ3) is 8.04. The maximum Gasteiger partial charge on any atom is 0.0614 e. The van der Waals surface area contributed by atoms with Crippen molar-refractivity contribution in [1.29, 1.82) is 0 Å². The van der Waals surface area contributed by atoms with Gasteiger partial charge in [-0.05, 0) is 167 Å². The lowest BCUT2D eigenvalue weighted by Gasteiger charge is -2.45. The molecule has 3 aliphatic rings. The van der Waals surface area contributed by atoms with Crippen LogP contribution in [0.5, 0.6) is 0 Å². The van der Waals surface area contributed by atoms with Crippen molar-refractivity contribution in [3.05, 3.63) is 375 Å². The highest BCUT2D eigenvalue weighted by Gasteiger charge is 2.48. The van der Waals surface area contributed by atoms with Gasteiger partial charge in [0, 0.05) is 83.4 Å². The van der Waals surface area contributed by atoms with E-state index in [0.29, 0.717) is 0 Å². The lowest BCUT2D eigenvalue weighted by molar-refractivity contribution is 0.648. The molecule has 0 amide bonds. The largest absolute Gasteiger partial charge is 0.310 e. The van der Waals surface area contributed by atoms with Crippen molar-refractivity contribution in [1.82, 2.24) is 9.13 Å². The summed E-state index contributed by atoms with van der Waals surface area (Å²) in [7, 11) is -4.32. The Bertz CT molecular complexity index is 5250. The molecule has 0 radical (unpaired) electrons. The Morgan fingerprint density at radius 3 is 1.36 bits per heavy atom. The van der Waals surface area contributed by atoms with Crippen LogP contribution in [0.1, 0.15) is 23.2 Å². The van der Waals surface area contributed by atoms with E-state index in [9.17, 15) is 0 Å². The second-order valence-electron chi connectivity index (χ2n) is 24.3. The molecule has 2 nitrogen and oxygen atoms in total. The molecule has 0 saturated heterocycles. The van der Waals surface area contributed by atoms with Gasteiger partial charge in [-0.3, -0.25) is 0 Å². The highest BCUT2D eigenvalue weighted by atomic mass is 32.3. The average molecular weight is 1210 g/mol. The quantitative estimate of drug-likeness (QED) is 0.115. The van der Waals surface area contributed by atoms with E-state index < -0.39 is 25.5 Å². The van der Waals surface area contributed by atoms with Crippen molar-refractivity contribution < 1.29 is 0 Å². The molecule has 1 unspecified atom stereocenters. The molecule has 0 N–H and O–H groups in total. The minimum Gasteiger partial charge on any atom is -0.310 e. The van der Waals surface area contributed by atoms with E-state index in [1.807, 2.05) is 0 Å². The monoisotopic (exact) mass is 1210 g/mol. The van der Waals surface area contributed by atoms with E-state index in [1.165, 1.54) is 133 Å². The van der Waals surface area contributed by atoms with Crippen LogP contribution < -0.4 is 0 Å². The number of rotatable bonds is 12. The zero-order valence-corrected chi connectivity index (χ0v) is 52.2. The minimum atomic E-state index is -2.29. The molecule has 1 aliphatic heterocycles. The van der Waals surface area contributed by atoms with Crippen LogP contribution in [0.15, 0.2) is 397 Å². The van der Waals surface area contributed by atoms with E-state index in [2.05, 4.69) is 373 Å². The maximum atomic E-state index is 2.69. The van der Waals surface area contributed by atoms with Gasteiger partial charge in [0.25, 0.3) is 0 Å². The lowest BCUT2D eigenvalue weighted by Crippen LogP contribution is -2.33. The van der Waals surface area contributed by atoms with Crippen LogP contribution in [0, 0.1) is 0 Å². The van der Waals surface area contributed by atoms with Gasteiger partial charge in [0.2, 0.25) is 0 Å². The van der Waals surface area contributed by atoms with Gasteiger partial charge in [0.1, 0.15) is 0 Å². The smallest absolute Gasteiger partial charge is 0.0614 e. The minimum absolute atomic E-state index is 0.409. The van der Waals surface area contributed by atoms with Gasteiger partial charge in [0.05, 0.1) is 27.7 Å². The van der Waals surface area contributed by atoms with Gasteiger partial charge in [-0.1, -0.05) is 237 Å². The van der Waals surface area contributed by atoms with Gasteiger partial charge >= 0.3 is 0 Å². The average Bonchev–Trinajstić information content (AvgIpc) is 1.45.